The van der Waals surface area contributed by atoms with Crippen molar-refractivity contribution in [3.8, 4) is 0 Å². The van der Waals surface area contributed by atoms with Crippen LogP contribution in [0.25, 0.3) is 0 Å². The van der Waals surface area contributed by atoms with Crippen LogP contribution in [0.1, 0.15) is 52.0 Å². The Hall–Kier alpha value is -2.14. The summed E-state index contributed by atoms with van der Waals surface area (Å²) in [5, 5.41) is 3.00. The van der Waals surface area contributed by atoms with E-state index < -0.39 is 0 Å². The fourth-order valence-corrected chi connectivity index (χ4v) is 3.39. The molecule has 0 bridgehead atoms. The van der Waals surface area contributed by atoms with Gasteiger partial charge in [0.1, 0.15) is 0 Å². The molecule has 26 heavy (non-hydrogen) atoms. The lowest BCUT2D eigenvalue weighted by atomic mass is 10.1. The second kappa shape index (κ2) is 7.23. The number of hydrogen-bond acceptors (Lipinski definition) is 2. The van der Waals surface area contributed by atoms with Crippen LogP contribution in [-0.4, -0.2) is 28.8 Å². The number of carbonyl (C=O) groups excluding carboxylic acids is 2. The van der Waals surface area contributed by atoms with Crippen molar-refractivity contribution in [2.75, 3.05) is 0 Å². The molecule has 0 heterocycles. The van der Waals surface area contributed by atoms with Gasteiger partial charge in [0.05, 0.1) is 0 Å². The molecule has 0 aromatic heterocycles. The van der Waals surface area contributed by atoms with E-state index in [-0.39, 0.29) is 11.8 Å². The van der Waals surface area contributed by atoms with Gasteiger partial charge in [0.2, 0.25) is 0 Å². The lowest BCUT2D eigenvalue weighted by Crippen LogP contribution is -2.32. The van der Waals surface area contributed by atoms with E-state index in [1.807, 2.05) is 53.4 Å². The summed E-state index contributed by atoms with van der Waals surface area (Å²) in [4.78, 5) is 27.0. The van der Waals surface area contributed by atoms with Gasteiger partial charge in [-0.05, 0) is 61.6 Å². The Balaban J connectivity index is 1.46. The third-order valence-electron chi connectivity index (χ3n) is 4.80. The van der Waals surface area contributed by atoms with E-state index in [1.54, 1.807) is 0 Å². The monoisotopic (exact) mass is 412 g/mol. The van der Waals surface area contributed by atoms with Crippen molar-refractivity contribution < 1.29 is 9.59 Å². The average molecular weight is 413 g/mol. The summed E-state index contributed by atoms with van der Waals surface area (Å²) in [5.41, 5.74) is 2.42. The fourth-order valence-electron chi connectivity index (χ4n) is 2.99. The van der Waals surface area contributed by atoms with Crippen LogP contribution in [0.4, 0.5) is 0 Å². The average Bonchev–Trinajstić information content (AvgIpc) is 3.54. The summed E-state index contributed by atoms with van der Waals surface area (Å²) in [6.45, 7) is 0.570. The molecule has 0 atom stereocenters. The predicted molar refractivity (Wildman–Crippen MR) is 104 cm³/mol. The first kappa shape index (κ1) is 17.3. The summed E-state index contributed by atoms with van der Waals surface area (Å²) < 4.78 is 0.908. The fraction of sp³-hybridized carbons (Fsp3) is 0.333. The summed E-state index contributed by atoms with van der Waals surface area (Å²) in [7, 11) is 0. The number of rotatable bonds is 6. The first-order valence-electron chi connectivity index (χ1n) is 9.06. The van der Waals surface area contributed by atoms with Crippen molar-refractivity contribution in [3.05, 3.63) is 69.7 Å². The van der Waals surface area contributed by atoms with Crippen LogP contribution >= 0.6 is 15.9 Å². The molecule has 4 nitrogen and oxygen atoms in total. The SMILES string of the molecule is O=C(NC1CC1)c1ccc(CN(C(=O)c2cccc(Br)c2)C2CC2)cc1. The topological polar surface area (TPSA) is 49.4 Å². The number of hydrogen-bond donors (Lipinski definition) is 1. The van der Waals surface area contributed by atoms with Gasteiger partial charge in [-0.3, -0.25) is 9.59 Å². The van der Waals surface area contributed by atoms with Crippen molar-refractivity contribution in [3.63, 3.8) is 0 Å². The third-order valence-corrected chi connectivity index (χ3v) is 5.29. The van der Waals surface area contributed by atoms with E-state index in [4.69, 9.17) is 0 Å². The number of benzene rings is 2. The first-order valence-corrected chi connectivity index (χ1v) is 9.86. The second-order valence-electron chi connectivity index (χ2n) is 7.12. The van der Waals surface area contributed by atoms with E-state index >= 15 is 0 Å². The van der Waals surface area contributed by atoms with Crippen LogP contribution in [-0.2, 0) is 6.54 Å². The molecule has 134 valence electrons. The quantitative estimate of drug-likeness (QED) is 0.774. The van der Waals surface area contributed by atoms with Crippen LogP contribution in [0, 0.1) is 0 Å². The van der Waals surface area contributed by atoms with Crippen molar-refractivity contribution >= 4 is 27.7 Å². The molecule has 4 rings (SSSR count). The number of nitrogens with zero attached hydrogens (tertiary/aromatic N) is 1. The maximum Gasteiger partial charge on any atom is 0.254 e. The van der Waals surface area contributed by atoms with Crippen LogP contribution < -0.4 is 5.32 Å². The molecule has 2 aliphatic carbocycles. The van der Waals surface area contributed by atoms with E-state index in [1.165, 1.54) is 0 Å². The molecular formula is C21H21BrN2O2. The highest BCUT2D eigenvalue weighted by Crippen LogP contribution is 2.30. The lowest BCUT2D eigenvalue weighted by Gasteiger charge is -2.23. The van der Waals surface area contributed by atoms with Crippen LogP contribution in [0.5, 0.6) is 0 Å². The molecule has 2 aromatic rings. The van der Waals surface area contributed by atoms with Gasteiger partial charge in [-0.1, -0.05) is 34.1 Å². The van der Waals surface area contributed by atoms with Crippen molar-refractivity contribution in [2.45, 2.75) is 44.3 Å². The highest BCUT2D eigenvalue weighted by Gasteiger charge is 2.33. The van der Waals surface area contributed by atoms with Gasteiger partial charge in [-0.2, -0.15) is 0 Å². The largest absolute Gasteiger partial charge is 0.349 e. The number of carbonyl (C=O) groups is 2. The highest BCUT2D eigenvalue weighted by molar-refractivity contribution is 9.10. The molecule has 0 spiro atoms. The second-order valence-corrected chi connectivity index (χ2v) is 8.03. The zero-order valence-corrected chi connectivity index (χ0v) is 16.0. The molecule has 0 unspecified atom stereocenters. The van der Waals surface area contributed by atoms with Crippen molar-refractivity contribution in [1.29, 1.82) is 0 Å². The maximum absolute atomic E-state index is 12.9. The molecule has 0 saturated heterocycles. The number of halogens is 1. The Kier molecular flexibility index (Phi) is 4.81. The molecule has 5 heteroatoms. The van der Waals surface area contributed by atoms with Crippen molar-refractivity contribution in [1.82, 2.24) is 10.2 Å². The van der Waals surface area contributed by atoms with E-state index in [2.05, 4.69) is 21.2 Å². The van der Waals surface area contributed by atoms with Crippen LogP contribution in [0.2, 0.25) is 0 Å². The van der Waals surface area contributed by atoms with E-state index in [9.17, 15) is 9.59 Å². The molecule has 2 aliphatic rings. The Morgan fingerprint density at radius 1 is 1.00 bits per heavy atom. The first-order chi connectivity index (χ1) is 12.6. The Morgan fingerprint density at radius 3 is 2.35 bits per heavy atom. The highest BCUT2D eigenvalue weighted by atomic mass is 79.9. The van der Waals surface area contributed by atoms with Gasteiger partial charge in [0.25, 0.3) is 11.8 Å². The molecule has 1 N–H and O–H groups in total. The maximum atomic E-state index is 12.9. The van der Waals surface area contributed by atoms with E-state index in [0.717, 1.165) is 35.7 Å². The molecule has 0 radical (unpaired) electrons. The Morgan fingerprint density at radius 2 is 1.73 bits per heavy atom. The van der Waals surface area contributed by atoms with Gasteiger partial charge >= 0.3 is 0 Å². The smallest absolute Gasteiger partial charge is 0.254 e. The Labute approximate surface area is 161 Å². The Bertz CT molecular complexity index is 826. The van der Waals surface area contributed by atoms with E-state index in [0.29, 0.717) is 29.8 Å². The van der Waals surface area contributed by atoms with Gasteiger partial charge < -0.3 is 10.2 Å². The number of amides is 2. The summed E-state index contributed by atoms with van der Waals surface area (Å²) in [5.74, 6) is 0.0488. The zero-order valence-electron chi connectivity index (χ0n) is 14.5. The standard InChI is InChI=1S/C21H21BrN2O2/c22-17-3-1-2-16(12-17)21(26)24(19-10-11-19)13-14-4-6-15(7-5-14)20(25)23-18-8-9-18/h1-7,12,18-19H,8-11,13H2,(H,23,25). The minimum atomic E-state index is -0.0108. The lowest BCUT2D eigenvalue weighted by molar-refractivity contribution is 0.0729. The van der Waals surface area contributed by atoms with Gasteiger partial charge in [-0.25, -0.2) is 0 Å². The van der Waals surface area contributed by atoms with Crippen LogP contribution in [0.3, 0.4) is 0 Å². The molecule has 2 amide bonds. The third kappa shape index (κ3) is 4.15. The zero-order chi connectivity index (χ0) is 18.1. The molecule has 0 aliphatic heterocycles. The summed E-state index contributed by atoms with van der Waals surface area (Å²) in [6.07, 6.45) is 4.28. The molecule has 2 saturated carbocycles. The van der Waals surface area contributed by atoms with Crippen molar-refractivity contribution in [2.24, 2.45) is 0 Å². The van der Waals surface area contributed by atoms with Crippen LogP contribution in [0.15, 0.2) is 53.0 Å². The van der Waals surface area contributed by atoms with Gasteiger partial charge in [0, 0.05) is 34.2 Å². The minimum absolute atomic E-state index is 0.0108. The molecular weight excluding hydrogens is 392 g/mol. The van der Waals surface area contributed by atoms with Gasteiger partial charge in [0.15, 0.2) is 0 Å². The molecule has 2 aromatic carbocycles. The summed E-state index contributed by atoms with van der Waals surface area (Å²) >= 11 is 3.43. The molecule has 2 fully saturated rings. The number of nitrogens with one attached hydrogen (secondary N) is 1. The minimum Gasteiger partial charge on any atom is -0.349 e. The van der Waals surface area contributed by atoms with Gasteiger partial charge in [-0.15, -0.1) is 0 Å². The predicted octanol–water partition coefficient (Wildman–Crippen LogP) is 4.15. The summed E-state index contributed by atoms with van der Waals surface area (Å²) in [6, 6.07) is 15.8. The normalized spacial score (nSPS) is 16.2.